The number of aryl methyl sites for hydroxylation is 1. The third-order valence-corrected chi connectivity index (χ3v) is 5.49. The Labute approximate surface area is 141 Å². The van der Waals surface area contributed by atoms with Gasteiger partial charge in [0.25, 0.3) is 5.91 Å². The van der Waals surface area contributed by atoms with Crippen molar-refractivity contribution in [3.05, 3.63) is 77.5 Å². The summed E-state index contributed by atoms with van der Waals surface area (Å²) in [6, 6.07) is 16.2. The fraction of sp³-hybridized carbons (Fsp3) is 0.167. The molecular weight excluding hydrogens is 325 g/mol. The van der Waals surface area contributed by atoms with E-state index in [1.807, 2.05) is 31.2 Å². The average Bonchev–Trinajstić information content (AvgIpc) is 2.63. The van der Waals surface area contributed by atoms with Gasteiger partial charge < -0.3 is 14.4 Å². The SMILES string of the molecule is COP(=O)(OC)C(=CNC(=O)c1ccccc1)c1ccccc1C. The first-order valence-corrected chi connectivity index (χ1v) is 8.90. The first-order valence-electron chi connectivity index (χ1n) is 7.36. The fourth-order valence-corrected chi connectivity index (χ4v) is 3.55. The highest BCUT2D eigenvalue weighted by Crippen LogP contribution is 2.59. The molecule has 2 aromatic rings. The molecule has 0 aliphatic carbocycles. The van der Waals surface area contributed by atoms with E-state index in [-0.39, 0.29) is 5.91 Å². The van der Waals surface area contributed by atoms with Crippen LogP contribution in [0.4, 0.5) is 0 Å². The van der Waals surface area contributed by atoms with Crippen molar-refractivity contribution in [3.63, 3.8) is 0 Å². The van der Waals surface area contributed by atoms with E-state index in [4.69, 9.17) is 9.05 Å². The maximum Gasteiger partial charge on any atom is 0.362 e. The largest absolute Gasteiger partial charge is 0.362 e. The molecule has 6 heteroatoms. The van der Waals surface area contributed by atoms with Crippen molar-refractivity contribution in [3.8, 4) is 0 Å². The summed E-state index contributed by atoms with van der Waals surface area (Å²) in [6.07, 6.45) is 1.39. The summed E-state index contributed by atoms with van der Waals surface area (Å²) >= 11 is 0. The average molecular weight is 345 g/mol. The minimum absolute atomic E-state index is 0.301. The van der Waals surface area contributed by atoms with Crippen LogP contribution in [-0.4, -0.2) is 20.1 Å². The van der Waals surface area contributed by atoms with Crippen LogP contribution in [0.3, 0.4) is 0 Å². The van der Waals surface area contributed by atoms with E-state index >= 15 is 0 Å². The van der Waals surface area contributed by atoms with Crippen LogP contribution in [0.25, 0.3) is 5.31 Å². The van der Waals surface area contributed by atoms with Crippen molar-refractivity contribution >= 4 is 18.8 Å². The lowest BCUT2D eigenvalue weighted by atomic mass is 10.1. The normalized spacial score (nSPS) is 12.0. The van der Waals surface area contributed by atoms with Crippen LogP contribution in [0, 0.1) is 6.92 Å². The van der Waals surface area contributed by atoms with Gasteiger partial charge in [-0.05, 0) is 30.2 Å². The third-order valence-electron chi connectivity index (χ3n) is 3.57. The van der Waals surface area contributed by atoms with Gasteiger partial charge in [-0.2, -0.15) is 0 Å². The van der Waals surface area contributed by atoms with Gasteiger partial charge in [-0.3, -0.25) is 9.36 Å². The number of hydrogen-bond donors (Lipinski definition) is 1. The Hall–Kier alpha value is -2.20. The summed E-state index contributed by atoms with van der Waals surface area (Å²) < 4.78 is 23.1. The van der Waals surface area contributed by atoms with Gasteiger partial charge in [0, 0.05) is 26.0 Å². The van der Waals surface area contributed by atoms with E-state index in [1.165, 1.54) is 20.4 Å². The second-order valence-corrected chi connectivity index (χ2v) is 7.25. The van der Waals surface area contributed by atoms with Crippen molar-refractivity contribution in [1.29, 1.82) is 0 Å². The molecular formula is C18H20NO4P. The lowest BCUT2D eigenvalue weighted by Gasteiger charge is -2.19. The Bertz CT molecular complexity index is 779. The van der Waals surface area contributed by atoms with E-state index in [0.29, 0.717) is 16.4 Å². The molecule has 0 bridgehead atoms. The zero-order valence-electron chi connectivity index (χ0n) is 13.9. The summed E-state index contributed by atoms with van der Waals surface area (Å²) in [5.41, 5.74) is 2.09. The van der Waals surface area contributed by atoms with E-state index in [1.54, 1.807) is 30.3 Å². The molecule has 0 unspecified atom stereocenters. The second-order valence-electron chi connectivity index (χ2n) is 5.05. The molecule has 0 fully saturated rings. The van der Waals surface area contributed by atoms with E-state index in [2.05, 4.69) is 5.32 Å². The number of carbonyl (C=O) groups is 1. The van der Waals surface area contributed by atoms with Gasteiger partial charge in [-0.25, -0.2) is 0 Å². The minimum atomic E-state index is -3.54. The molecule has 0 radical (unpaired) electrons. The molecule has 5 nitrogen and oxygen atoms in total. The number of amides is 1. The first kappa shape index (κ1) is 18.1. The maximum atomic E-state index is 12.9. The van der Waals surface area contributed by atoms with Crippen LogP contribution in [-0.2, 0) is 13.6 Å². The van der Waals surface area contributed by atoms with Crippen LogP contribution < -0.4 is 5.32 Å². The second kappa shape index (κ2) is 8.06. The lowest BCUT2D eigenvalue weighted by Crippen LogP contribution is -2.18. The number of carbonyl (C=O) groups excluding carboxylic acids is 1. The van der Waals surface area contributed by atoms with Gasteiger partial charge in [0.05, 0.1) is 5.31 Å². The monoisotopic (exact) mass is 345 g/mol. The van der Waals surface area contributed by atoms with Crippen molar-refractivity contribution in [2.45, 2.75) is 6.92 Å². The van der Waals surface area contributed by atoms with Crippen LogP contribution in [0.15, 0.2) is 60.8 Å². The molecule has 126 valence electrons. The summed E-state index contributed by atoms with van der Waals surface area (Å²) in [5, 5.41) is 2.97. The van der Waals surface area contributed by atoms with Crippen molar-refractivity contribution < 1.29 is 18.4 Å². The molecule has 0 aromatic heterocycles. The van der Waals surface area contributed by atoms with Crippen LogP contribution >= 0.6 is 7.60 Å². The molecule has 0 aliphatic heterocycles. The van der Waals surface area contributed by atoms with Crippen molar-refractivity contribution in [2.24, 2.45) is 0 Å². The van der Waals surface area contributed by atoms with Crippen LogP contribution in [0.1, 0.15) is 21.5 Å². The molecule has 0 aliphatic rings. The molecule has 0 spiro atoms. The molecule has 1 amide bonds. The zero-order valence-corrected chi connectivity index (χ0v) is 14.7. The quantitative estimate of drug-likeness (QED) is 0.797. The molecule has 2 rings (SSSR count). The van der Waals surface area contributed by atoms with Gasteiger partial charge in [0.1, 0.15) is 0 Å². The van der Waals surface area contributed by atoms with Gasteiger partial charge in [-0.15, -0.1) is 0 Å². The summed E-state index contributed by atoms with van der Waals surface area (Å²) in [4.78, 5) is 12.2. The maximum absolute atomic E-state index is 12.9. The smallest absolute Gasteiger partial charge is 0.328 e. The predicted octanol–water partition coefficient (Wildman–Crippen LogP) is 4.21. The molecule has 0 saturated heterocycles. The van der Waals surface area contributed by atoms with Crippen LogP contribution in [0.2, 0.25) is 0 Å². The first-order chi connectivity index (χ1) is 11.5. The highest BCUT2D eigenvalue weighted by molar-refractivity contribution is 7.65. The molecule has 0 heterocycles. The van der Waals surface area contributed by atoms with E-state index in [0.717, 1.165) is 5.56 Å². The van der Waals surface area contributed by atoms with E-state index in [9.17, 15) is 9.36 Å². The minimum Gasteiger partial charge on any atom is -0.328 e. The van der Waals surface area contributed by atoms with Crippen LogP contribution in [0.5, 0.6) is 0 Å². The van der Waals surface area contributed by atoms with Gasteiger partial charge >= 0.3 is 7.60 Å². The number of hydrogen-bond acceptors (Lipinski definition) is 4. The highest BCUT2D eigenvalue weighted by Gasteiger charge is 2.30. The number of nitrogens with one attached hydrogen (secondary N) is 1. The summed E-state index contributed by atoms with van der Waals surface area (Å²) in [7, 11) is -0.912. The fourth-order valence-electron chi connectivity index (χ4n) is 2.24. The van der Waals surface area contributed by atoms with Crippen molar-refractivity contribution in [1.82, 2.24) is 5.32 Å². The number of rotatable bonds is 6. The third kappa shape index (κ3) is 4.01. The lowest BCUT2D eigenvalue weighted by molar-refractivity contribution is 0.0970. The highest BCUT2D eigenvalue weighted by atomic mass is 31.2. The standard InChI is InChI=1S/C18H20NO4P/c1-14-9-7-8-12-16(14)17(24(21,22-2)23-3)13-19-18(20)15-10-5-4-6-11-15/h4-13H,1-3H3,(H,19,20). The Morgan fingerprint density at radius 3 is 2.17 bits per heavy atom. The summed E-state index contributed by atoms with van der Waals surface area (Å²) in [6.45, 7) is 1.89. The molecule has 2 aromatic carbocycles. The molecule has 24 heavy (non-hydrogen) atoms. The predicted molar refractivity (Wildman–Crippen MR) is 94.7 cm³/mol. The van der Waals surface area contributed by atoms with Gasteiger partial charge in [-0.1, -0.05) is 42.5 Å². The molecule has 0 atom stereocenters. The van der Waals surface area contributed by atoms with Crippen molar-refractivity contribution in [2.75, 3.05) is 14.2 Å². The Balaban J connectivity index is 2.42. The number of benzene rings is 2. The summed E-state index contributed by atoms with van der Waals surface area (Å²) in [5.74, 6) is -0.305. The van der Waals surface area contributed by atoms with Gasteiger partial charge in [0.15, 0.2) is 0 Å². The zero-order chi connectivity index (χ0) is 17.6. The Kier molecular flexibility index (Phi) is 6.10. The van der Waals surface area contributed by atoms with Gasteiger partial charge in [0.2, 0.25) is 0 Å². The van der Waals surface area contributed by atoms with E-state index < -0.39 is 7.60 Å². The topological polar surface area (TPSA) is 64.6 Å². The Morgan fingerprint density at radius 1 is 1.00 bits per heavy atom. The Morgan fingerprint density at radius 2 is 1.58 bits per heavy atom. The molecule has 1 N–H and O–H groups in total. The molecule has 0 saturated carbocycles.